The lowest BCUT2D eigenvalue weighted by Crippen LogP contribution is -2.32. The van der Waals surface area contributed by atoms with Gasteiger partial charge in [0.05, 0.1) is 6.54 Å². The molecule has 0 bridgehead atoms. The van der Waals surface area contributed by atoms with Gasteiger partial charge < -0.3 is 10.4 Å². The highest BCUT2D eigenvalue weighted by molar-refractivity contribution is 5.77. The lowest BCUT2D eigenvalue weighted by molar-refractivity contribution is -0.121. The molecule has 0 radical (unpaired) electrons. The maximum atomic E-state index is 11.1. The van der Waals surface area contributed by atoms with Gasteiger partial charge in [0.1, 0.15) is 5.75 Å². The summed E-state index contributed by atoms with van der Waals surface area (Å²) in [5.74, 6) is 0.231. The average molecular weight is 208 g/mol. The van der Waals surface area contributed by atoms with Crippen LogP contribution in [0.3, 0.4) is 0 Å². The fraction of sp³-hybridized carbons (Fsp3) is 0.364. The molecule has 0 saturated carbocycles. The molecule has 0 aliphatic carbocycles. The van der Waals surface area contributed by atoms with Crippen LogP contribution in [0.5, 0.6) is 5.75 Å². The van der Waals surface area contributed by atoms with Gasteiger partial charge in [0.25, 0.3) is 0 Å². The number of nitrogens with zero attached hydrogens (tertiary/aromatic N) is 1. The number of rotatable bonds is 4. The summed E-state index contributed by atoms with van der Waals surface area (Å²) >= 11 is 0. The molecule has 1 amide bonds. The van der Waals surface area contributed by atoms with E-state index < -0.39 is 0 Å². The number of nitrogens with one attached hydrogen (secondary N) is 1. The van der Waals surface area contributed by atoms with Crippen molar-refractivity contribution in [3.05, 3.63) is 29.8 Å². The number of carbonyl (C=O) groups excluding carboxylic acids is 1. The van der Waals surface area contributed by atoms with Crippen LogP contribution < -0.4 is 5.32 Å². The third-order valence-corrected chi connectivity index (χ3v) is 2.12. The molecule has 0 aromatic heterocycles. The third kappa shape index (κ3) is 3.59. The maximum absolute atomic E-state index is 11.1. The third-order valence-electron chi connectivity index (χ3n) is 2.12. The molecule has 82 valence electrons. The first-order chi connectivity index (χ1) is 7.13. The summed E-state index contributed by atoms with van der Waals surface area (Å²) in [6, 6.07) is 7.12. The second kappa shape index (κ2) is 5.36. The van der Waals surface area contributed by atoms with Gasteiger partial charge in [0, 0.05) is 19.2 Å². The summed E-state index contributed by atoms with van der Waals surface area (Å²) in [5, 5.41) is 12.1. The first-order valence-corrected chi connectivity index (χ1v) is 4.79. The van der Waals surface area contributed by atoms with E-state index in [9.17, 15) is 9.90 Å². The highest BCUT2D eigenvalue weighted by Crippen LogP contribution is 2.16. The quantitative estimate of drug-likeness (QED) is 0.760. The number of para-hydroxylation sites is 1. The van der Waals surface area contributed by atoms with Gasteiger partial charge in [-0.1, -0.05) is 18.2 Å². The molecule has 2 N–H and O–H groups in total. The van der Waals surface area contributed by atoms with E-state index in [0.29, 0.717) is 13.1 Å². The van der Waals surface area contributed by atoms with Crippen LogP contribution in [-0.2, 0) is 11.3 Å². The molecule has 0 aliphatic rings. The van der Waals surface area contributed by atoms with Gasteiger partial charge in [-0.25, -0.2) is 0 Å². The zero-order valence-electron chi connectivity index (χ0n) is 9.03. The second-order valence-electron chi connectivity index (χ2n) is 3.47. The minimum Gasteiger partial charge on any atom is -0.508 e. The first-order valence-electron chi connectivity index (χ1n) is 4.79. The van der Waals surface area contributed by atoms with Crippen molar-refractivity contribution in [1.29, 1.82) is 0 Å². The van der Waals surface area contributed by atoms with Gasteiger partial charge in [0.2, 0.25) is 5.91 Å². The Kier molecular flexibility index (Phi) is 4.12. The van der Waals surface area contributed by atoms with Crippen LogP contribution in [0.4, 0.5) is 0 Å². The number of aromatic hydroxyl groups is 1. The highest BCUT2D eigenvalue weighted by atomic mass is 16.3. The zero-order chi connectivity index (χ0) is 11.3. The minimum absolute atomic E-state index is 0.0343. The van der Waals surface area contributed by atoms with E-state index in [1.165, 1.54) is 0 Å². The molecule has 4 heteroatoms. The summed E-state index contributed by atoms with van der Waals surface area (Å²) in [6.07, 6.45) is 0. The number of likely N-dealkylation sites (N-methyl/N-ethyl adjacent to an activating group) is 2. The molecule has 0 atom stereocenters. The average Bonchev–Trinajstić information content (AvgIpc) is 2.21. The van der Waals surface area contributed by atoms with Crippen LogP contribution in [0, 0.1) is 0 Å². The molecule has 1 aromatic rings. The molecule has 0 unspecified atom stereocenters. The summed E-state index contributed by atoms with van der Waals surface area (Å²) < 4.78 is 0. The van der Waals surface area contributed by atoms with Gasteiger partial charge >= 0.3 is 0 Å². The molecule has 0 saturated heterocycles. The number of amides is 1. The van der Waals surface area contributed by atoms with Gasteiger partial charge in [-0.2, -0.15) is 0 Å². The fourth-order valence-corrected chi connectivity index (χ4v) is 1.32. The summed E-state index contributed by atoms with van der Waals surface area (Å²) in [5.41, 5.74) is 0.823. The summed E-state index contributed by atoms with van der Waals surface area (Å²) in [6.45, 7) is 0.880. The molecule has 1 aromatic carbocycles. The topological polar surface area (TPSA) is 52.6 Å². The zero-order valence-corrected chi connectivity index (χ0v) is 9.03. The van der Waals surface area contributed by atoms with Crippen LogP contribution in [0.2, 0.25) is 0 Å². The largest absolute Gasteiger partial charge is 0.508 e. The van der Waals surface area contributed by atoms with Crippen molar-refractivity contribution in [3.8, 4) is 5.75 Å². The van der Waals surface area contributed by atoms with Crippen molar-refractivity contribution in [2.45, 2.75) is 6.54 Å². The summed E-state index contributed by atoms with van der Waals surface area (Å²) in [7, 11) is 3.44. The molecule has 15 heavy (non-hydrogen) atoms. The van der Waals surface area contributed by atoms with E-state index in [1.807, 2.05) is 24.1 Å². The number of phenols is 1. The number of benzene rings is 1. The normalized spacial score (nSPS) is 10.3. The first kappa shape index (κ1) is 11.5. The van der Waals surface area contributed by atoms with E-state index in [4.69, 9.17) is 0 Å². The Morgan fingerprint density at radius 1 is 1.47 bits per heavy atom. The molecule has 1 rings (SSSR count). The van der Waals surface area contributed by atoms with Crippen molar-refractivity contribution >= 4 is 5.91 Å². The standard InChI is InChI=1S/C11H16N2O2/c1-12-11(15)8-13(2)7-9-5-3-4-6-10(9)14/h3-6,14H,7-8H2,1-2H3,(H,12,15). The maximum Gasteiger partial charge on any atom is 0.233 e. The van der Waals surface area contributed by atoms with Crippen molar-refractivity contribution in [1.82, 2.24) is 10.2 Å². The molecule has 0 aliphatic heterocycles. The van der Waals surface area contributed by atoms with Crippen LogP contribution in [0.1, 0.15) is 5.56 Å². The van der Waals surface area contributed by atoms with Crippen LogP contribution >= 0.6 is 0 Å². The van der Waals surface area contributed by atoms with Crippen molar-refractivity contribution in [2.75, 3.05) is 20.6 Å². The summed E-state index contributed by atoms with van der Waals surface area (Å²) in [4.78, 5) is 12.9. The Morgan fingerprint density at radius 2 is 2.13 bits per heavy atom. The number of hydrogen-bond acceptors (Lipinski definition) is 3. The Hall–Kier alpha value is -1.55. The van der Waals surface area contributed by atoms with Crippen LogP contribution in [0.25, 0.3) is 0 Å². The molecule has 4 nitrogen and oxygen atoms in total. The molecule has 0 spiro atoms. The number of carbonyl (C=O) groups is 1. The predicted molar refractivity (Wildman–Crippen MR) is 58.5 cm³/mol. The molecular formula is C11H16N2O2. The van der Waals surface area contributed by atoms with Gasteiger partial charge in [-0.3, -0.25) is 9.69 Å². The van der Waals surface area contributed by atoms with E-state index in [-0.39, 0.29) is 11.7 Å². The number of phenolic OH excluding ortho intramolecular Hbond substituents is 1. The van der Waals surface area contributed by atoms with Gasteiger partial charge in [-0.05, 0) is 13.1 Å². The highest BCUT2D eigenvalue weighted by Gasteiger charge is 2.07. The van der Waals surface area contributed by atoms with Crippen LogP contribution in [0.15, 0.2) is 24.3 Å². The van der Waals surface area contributed by atoms with Crippen LogP contribution in [-0.4, -0.2) is 36.6 Å². The lowest BCUT2D eigenvalue weighted by atomic mass is 10.2. The smallest absolute Gasteiger partial charge is 0.233 e. The number of hydrogen-bond donors (Lipinski definition) is 2. The minimum atomic E-state index is -0.0343. The Labute approximate surface area is 89.5 Å². The van der Waals surface area contributed by atoms with E-state index in [2.05, 4.69) is 5.32 Å². The second-order valence-corrected chi connectivity index (χ2v) is 3.47. The van der Waals surface area contributed by atoms with Gasteiger partial charge in [-0.15, -0.1) is 0 Å². The lowest BCUT2D eigenvalue weighted by Gasteiger charge is -2.16. The van der Waals surface area contributed by atoms with E-state index in [1.54, 1.807) is 19.2 Å². The predicted octanol–water partition coefficient (Wildman–Crippen LogP) is 0.570. The fourth-order valence-electron chi connectivity index (χ4n) is 1.32. The molecular weight excluding hydrogens is 192 g/mol. The van der Waals surface area contributed by atoms with E-state index in [0.717, 1.165) is 5.56 Å². The monoisotopic (exact) mass is 208 g/mol. The Bertz CT molecular complexity index is 339. The van der Waals surface area contributed by atoms with Crippen molar-refractivity contribution in [2.24, 2.45) is 0 Å². The molecule has 0 fully saturated rings. The Morgan fingerprint density at radius 3 is 2.73 bits per heavy atom. The Balaban J connectivity index is 2.55. The molecule has 0 heterocycles. The SMILES string of the molecule is CNC(=O)CN(C)Cc1ccccc1O. The van der Waals surface area contributed by atoms with Crippen molar-refractivity contribution < 1.29 is 9.90 Å². The van der Waals surface area contributed by atoms with Gasteiger partial charge in [0.15, 0.2) is 0 Å². The van der Waals surface area contributed by atoms with E-state index >= 15 is 0 Å². The van der Waals surface area contributed by atoms with Crippen molar-refractivity contribution in [3.63, 3.8) is 0 Å².